The molecular weight excluding hydrogens is 404 g/mol. The monoisotopic (exact) mass is 434 g/mol. The maximum Gasteiger partial charge on any atom is 0.309 e. The van der Waals surface area contributed by atoms with Crippen LogP contribution >= 0.6 is 0 Å². The second-order valence-electron chi connectivity index (χ2n) is 8.62. The van der Waals surface area contributed by atoms with Crippen LogP contribution in [0.1, 0.15) is 56.1 Å². The Kier molecular flexibility index (Phi) is 6.43. The van der Waals surface area contributed by atoms with E-state index in [0.29, 0.717) is 17.7 Å². The van der Waals surface area contributed by atoms with E-state index in [1.807, 2.05) is 6.07 Å². The number of rotatable bonds is 6. The van der Waals surface area contributed by atoms with Gasteiger partial charge >= 0.3 is 5.97 Å². The van der Waals surface area contributed by atoms with Gasteiger partial charge in [-0.1, -0.05) is 18.9 Å². The Bertz CT molecular complexity index is 900. The number of nitrogens with one attached hydrogen (secondary N) is 1. The summed E-state index contributed by atoms with van der Waals surface area (Å²) in [5.41, 5.74) is 2.37. The fourth-order valence-electron chi connectivity index (χ4n) is 4.78. The number of amides is 1. The molecule has 1 aromatic carbocycles. The topological polar surface area (TPSA) is 92.8 Å². The van der Waals surface area contributed by atoms with Crippen LogP contribution in [-0.4, -0.2) is 50.3 Å². The van der Waals surface area contributed by atoms with Gasteiger partial charge in [0, 0.05) is 19.1 Å². The molecule has 0 radical (unpaired) electrons. The van der Waals surface area contributed by atoms with Gasteiger partial charge in [-0.15, -0.1) is 0 Å². The third-order valence-electron chi connectivity index (χ3n) is 6.56. The first-order valence-electron chi connectivity index (χ1n) is 11.0. The SMILES string of the molecule is O=C(COC(=O)C1CCN(S(=O)(=O)c2ccc3c(c2)CCC3)CC1)NC1CCCC1. The van der Waals surface area contributed by atoms with E-state index >= 15 is 0 Å². The van der Waals surface area contributed by atoms with Gasteiger partial charge in [-0.2, -0.15) is 4.31 Å². The Morgan fingerprint density at radius 1 is 1.00 bits per heavy atom. The third kappa shape index (κ3) is 4.70. The highest BCUT2D eigenvalue weighted by molar-refractivity contribution is 7.89. The summed E-state index contributed by atoms with van der Waals surface area (Å²) >= 11 is 0. The first-order chi connectivity index (χ1) is 14.4. The number of esters is 1. The lowest BCUT2D eigenvalue weighted by molar-refractivity contribution is -0.153. The molecule has 0 spiro atoms. The van der Waals surface area contributed by atoms with Gasteiger partial charge in [0.1, 0.15) is 0 Å². The smallest absolute Gasteiger partial charge is 0.309 e. The van der Waals surface area contributed by atoms with Gasteiger partial charge in [0.2, 0.25) is 10.0 Å². The van der Waals surface area contributed by atoms with Gasteiger partial charge in [-0.25, -0.2) is 8.42 Å². The molecule has 1 saturated heterocycles. The van der Waals surface area contributed by atoms with Gasteiger partial charge in [0.15, 0.2) is 6.61 Å². The van der Waals surface area contributed by atoms with Crippen LogP contribution in [0.5, 0.6) is 0 Å². The molecule has 1 N–H and O–H groups in total. The lowest BCUT2D eigenvalue weighted by atomic mass is 9.98. The zero-order valence-electron chi connectivity index (χ0n) is 17.3. The number of carbonyl (C=O) groups is 2. The summed E-state index contributed by atoms with van der Waals surface area (Å²) in [5, 5.41) is 2.90. The van der Waals surface area contributed by atoms with Crippen molar-refractivity contribution in [1.29, 1.82) is 0 Å². The molecule has 1 aromatic rings. The molecule has 1 amide bonds. The zero-order chi connectivity index (χ0) is 21.1. The highest BCUT2D eigenvalue weighted by atomic mass is 32.2. The Morgan fingerprint density at radius 2 is 1.70 bits per heavy atom. The number of fused-ring (bicyclic) bond motifs is 1. The van der Waals surface area contributed by atoms with Crippen LogP contribution in [0, 0.1) is 5.92 Å². The molecule has 2 fully saturated rings. The number of benzene rings is 1. The maximum atomic E-state index is 13.0. The summed E-state index contributed by atoms with van der Waals surface area (Å²) < 4.78 is 32.6. The molecule has 164 valence electrons. The van der Waals surface area contributed by atoms with Gasteiger partial charge in [0.25, 0.3) is 5.91 Å². The maximum absolute atomic E-state index is 13.0. The predicted molar refractivity (Wildman–Crippen MR) is 111 cm³/mol. The minimum Gasteiger partial charge on any atom is -0.455 e. The minimum atomic E-state index is -3.55. The van der Waals surface area contributed by atoms with Crippen molar-refractivity contribution in [3.8, 4) is 0 Å². The average molecular weight is 435 g/mol. The standard InChI is InChI=1S/C22H30N2O5S/c25-21(23-19-6-1-2-7-19)15-29-22(26)17-10-12-24(13-11-17)30(27,28)20-9-8-16-4-3-5-18(16)14-20/h8-9,14,17,19H,1-7,10-13,15H2,(H,23,25). The third-order valence-corrected chi connectivity index (χ3v) is 8.46. The van der Waals surface area contributed by atoms with Crippen LogP contribution in [0.25, 0.3) is 0 Å². The molecule has 1 aliphatic heterocycles. The quantitative estimate of drug-likeness (QED) is 0.693. The lowest BCUT2D eigenvalue weighted by Crippen LogP contribution is -2.41. The van der Waals surface area contributed by atoms with Crippen molar-refractivity contribution < 1.29 is 22.7 Å². The van der Waals surface area contributed by atoms with Crippen molar-refractivity contribution in [3.63, 3.8) is 0 Å². The summed E-state index contributed by atoms with van der Waals surface area (Å²) in [6.07, 6.45) is 8.05. The Morgan fingerprint density at radius 3 is 2.43 bits per heavy atom. The van der Waals surface area contributed by atoms with Crippen LogP contribution in [-0.2, 0) is 37.2 Å². The number of piperidine rings is 1. The molecule has 30 heavy (non-hydrogen) atoms. The average Bonchev–Trinajstić information content (AvgIpc) is 3.43. The summed E-state index contributed by atoms with van der Waals surface area (Å²) in [7, 11) is -3.55. The van der Waals surface area contributed by atoms with Crippen molar-refractivity contribution in [2.45, 2.75) is 68.7 Å². The molecule has 1 heterocycles. The van der Waals surface area contributed by atoms with E-state index < -0.39 is 16.0 Å². The Hall–Kier alpha value is -1.93. The highest BCUT2D eigenvalue weighted by Crippen LogP contribution is 2.29. The van der Waals surface area contributed by atoms with Crippen molar-refractivity contribution in [1.82, 2.24) is 9.62 Å². The fourth-order valence-corrected chi connectivity index (χ4v) is 6.30. The van der Waals surface area contributed by atoms with E-state index in [2.05, 4.69) is 5.32 Å². The molecule has 7 nitrogen and oxygen atoms in total. The number of aryl methyl sites for hydroxylation is 2. The van der Waals surface area contributed by atoms with Gasteiger partial charge in [-0.05, 0) is 68.2 Å². The fraction of sp³-hybridized carbons (Fsp3) is 0.636. The minimum absolute atomic E-state index is 0.198. The first-order valence-corrected chi connectivity index (χ1v) is 12.5. The molecule has 1 saturated carbocycles. The first kappa shape index (κ1) is 21.3. The van der Waals surface area contributed by atoms with Crippen LogP contribution < -0.4 is 5.32 Å². The summed E-state index contributed by atoms with van der Waals surface area (Å²) in [6.45, 7) is 0.309. The van der Waals surface area contributed by atoms with Gasteiger partial charge in [-0.3, -0.25) is 9.59 Å². The highest BCUT2D eigenvalue weighted by Gasteiger charge is 2.33. The second kappa shape index (κ2) is 9.06. The van der Waals surface area contributed by atoms with E-state index in [4.69, 9.17) is 4.74 Å². The van der Waals surface area contributed by atoms with Crippen LogP contribution in [0.15, 0.2) is 23.1 Å². The summed E-state index contributed by atoms with van der Waals surface area (Å²) in [5.74, 6) is -1.03. The number of carbonyl (C=O) groups excluding carboxylic acids is 2. The molecule has 0 unspecified atom stereocenters. The largest absolute Gasteiger partial charge is 0.455 e. The molecule has 8 heteroatoms. The predicted octanol–water partition coefficient (Wildman–Crippen LogP) is 2.18. The molecular formula is C22H30N2O5S. The number of hydrogen-bond acceptors (Lipinski definition) is 5. The van der Waals surface area contributed by atoms with E-state index in [0.717, 1.165) is 50.5 Å². The zero-order valence-corrected chi connectivity index (χ0v) is 18.1. The van der Waals surface area contributed by atoms with Crippen LogP contribution in [0.2, 0.25) is 0 Å². The Balaban J connectivity index is 1.26. The summed E-state index contributed by atoms with van der Waals surface area (Å²) in [4.78, 5) is 24.6. The van der Waals surface area contributed by atoms with Gasteiger partial charge < -0.3 is 10.1 Å². The normalized spacial score (nSPS) is 20.8. The van der Waals surface area contributed by atoms with Crippen molar-refractivity contribution >= 4 is 21.9 Å². The lowest BCUT2D eigenvalue weighted by Gasteiger charge is -2.30. The second-order valence-corrected chi connectivity index (χ2v) is 10.6. The molecule has 0 aromatic heterocycles. The number of nitrogens with zero attached hydrogens (tertiary/aromatic N) is 1. The van der Waals surface area contributed by atoms with Crippen molar-refractivity contribution in [3.05, 3.63) is 29.3 Å². The van der Waals surface area contributed by atoms with Crippen molar-refractivity contribution in [2.24, 2.45) is 5.92 Å². The number of ether oxygens (including phenoxy) is 1. The van der Waals surface area contributed by atoms with Crippen molar-refractivity contribution in [2.75, 3.05) is 19.7 Å². The molecule has 4 rings (SSSR count). The number of sulfonamides is 1. The van der Waals surface area contributed by atoms with Crippen LogP contribution in [0.4, 0.5) is 0 Å². The van der Waals surface area contributed by atoms with Crippen LogP contribution in [0.3, 0.4) is 0 Å². The molecule has 3 aliphatic rings. The van der Waals surface area contributed by atoms with Gasteiger partial charge in [0.05, 0.1) is 10.8 Å². The van der Waals surface area contributed by atoms with E-state index in [1.165, 1.54) is 9.87 Å². The molecule has 0 atom stereocenters. The Labute approximate surface area is 178 Å². The van der Waals surface area contributed by atoms with E-state index in [1.54, 1.807) is 12.1 Å². The van der Waals surface area contributed by atoms with E-state index in [9.17, 15) is 18.0 Å². The summed E-state index contributed by atoms with van der Waals surface area (Å²) in [6, 6.07) is 5.63. The van der Waals surface area contributed by atoms with E-state index in [-0.39, 0.29) is 37.6 Å². The molecule has 2 aliphatic carbocycles. The molecule has 0 bridgehead atoms. The number of hydrogen-bond donors (Lipinski definition) is 1.